The van der Waals surface area contributed by atoms with Gasteiger partial charge in [-0.05, 0) is 61.9 Å². The average Bonchev–Trinajstić information content (AvgIpc) is 2.99. The Morgan fingerprint density at radius 3 is 1.98 bits per heavy atom. The molecule has 230 valence electrons. The molecule has 1 atom stereocenters. The highest BCUT2D eigenvalue weighted by Gasteiger charge is 2.33. The van der Waals surface area contributed by atoms with Crippen LogP contribution in [0, 0.1) is 5.82 Å². The fraction of sp³-hybridized carbons (Fsp3) is 0.235. The van der Waals surface area contributed by atoms with Crippen molar-refractivity contribution in [2.45, 2.75) is 38.9 Å². The van der Waals surface area contributed by atoms with Crippen LogP contribution in [0.2, 0.25) is 0 Å². The second-order valence-electron chi connectivity index (χ2n) is 10.7. The van der Waals surface area contributed by atoms with Gasteiger partial charge in [0.15, 0.2) is 0 Å². The summed E-state index contributed by atoms with van der Waals surface area (Å²) in [7, 11) is -3.95. The van der Waals surface area contributed by atoms with Crippen LogP contribution in [0.5, 0.6) is 11.5 Å². The standard InChI is InChI=1S/C34H36FN3O5S/c1-25(2)36-34(40)32(22-26-12-6-4-7-13-26)37(23-27-14-10-11-17-31(27)35)33(39)24-38(44(3,41)42)28-18-20-30(21-19-28)43-29-15-8-5-9-16-29/h4-21,25,32H,22-24H2,1-3H3,(H,36,40)/t32-/m1/s1. The van der Waals surface area contributed by atoms with E-state index >= 15 is 0 Å². The lowest BCUT2D eigenvalue weighted by atomic mass is 10.0. The Bertz CT molecular complexity index is 1650. The Morgan fingerprint density at radius 1 is 0.818 bits per heavy atom. The maximum atomic E-state index is 14.9. The van der Waals surface area contributed by atoms with E-state index in [1.165, 1.54) is 23.1 Å². The van der Waals surface area contributed by atoms with E-state index in [4.69, 9.17) is 4.74 Å². The summed E-state index contributed by atoms with van der Waals surface area (Å²) in [5.41, 5.74) is 1.22. The second kappa shape index (κ2) is 14.7. The summed E-state index contributed by atoms with van der Waals surface area (Å²) < 4.78 is 47.7. The van der Waals surface area contributed by atoms with Crippen molar-refractivity contribution < 1.29 is 27.1 Å². The summed E-state index contributed by atoms with van der Waals surface area (Å²) in [6, 6.07) is 29.3. The van der Waals surface area contributed by atoms with E-state index < -0.39 is 40.2 Å². The monoisotopic (exact) mass is 617 g/mol. The molecule has 1 N–H and O–H groups in total. The number of hydrogen-bond donors (Lipinski definition) is 1. The van der Waals surface area contributed by atoms with Crippen molar-refractivity contribution in [2.24, 2.45) is 0 Å². The number of sulfonamides is 1. The lowest BCUT2D eigenvalue weighted by Gasteiger charge is -2.34. The Morgan fingerprint density at radius 2 is 1.39 bits per heavy atom. The van der Waals surface area contributed by atoms with Gasteiger partial charge in [-0.15, -0.1) is 0 Å². The predicted octanol–water partition coefficient (Wildman–Crippen LogP) is 5.55. The quantitative estimate of drug-likeness (QED) is 0.212. The maximum Gasteiger partial charge on any atom is 0.244 e. The van der Waals surface area contributed by atoms with Crippen molar-refractivity contribution in [2.75, 3.05) is 17.1 Å². The van der Waals surface area contributed by atoms with Crippen LogP contribution in [-0.4, -0.2) is 50.0 Å². The number of halogens is 1. The lowest BCUT2D eigenvalue weighted by Crippen LogP contribution is -2.54. The highest BCUT2D eigenvalue weighted by molar-refractivity contribution is 7.92. The lowest BCUT2D eigenvalue weighted by molar-refractivity contribution is -0.140. The molecule has 0 aliphatic heterocycles. The molecule has 0 aliphatic carbocycles. The van der Waals surface area contributed by atoms with Crippen molar-refractivity contribution in [1.29, 1.82) is 0 Å². The normalized spacial score (nSPS) is 11.9. The molecule has 0 unspecified atom stereocenters. The zero-order chi connectivity index (χ0) is 31.7. The third-order valence-electron chi connectivity index (χ3n) is 6.78. The van der Waals surface area contributed by atoms with E-state index in [0.717, 1.165) is 16.1 Å². The summed E-state index contributed by atoms with van der Waals surface area (Å²) in [5.74, 6) is -0.538. The molecule has 2 amide bonds. The molecule has 10 heteroatoms. The van der Waals surface area contributed by atoms with Gasteiger partial charge < -0.3 is 15.0 Å². The minimum atomic E-state index is -3.95. The summed E-state index contributed by atoms with van der Waals surface area (Å²) in [5, 5.41) is 2.87. The minimum absolute atomic E-state index is 0.143. The van der Waals surface area contributed by atoms with Gasteiger partial charge in [0.2, 0.25) is 21.8 Å². The average molecular weight is 618 g/mol. The highest BCUT2D eigenvalue weighted by Crippen LogP contribution is 2.26. The number of rotatable bonds is 13. The number of carbonyl (C=O) groups excluding carboxylic acids is 2. The number of para-hydroxylation sites is 1. The largest absolute Gasteiger partial charge is 0.457 e. The Hall–Kier alpha value is -4.70. The number of carbonyl (C=O) groups is 2. The molecule has 0 bridgehead atoms. The van der Waals surface area contributed by atoms with E-state index in [9.17, 15) is 22.4 Å². The molecule has 0 saturated heterocycles. The van der Waals surface area contributed by atoms with Crippen molar-refractivity contribution >= 4 is 27.5 Å². The van der Waals surface area contributed by atoms with Crippen molar-refractivity contribution in [1.82, 2.24) is 10.2 Å². The molecule has 4 aromatic rings. The first kappa shape index (κ1) is 32.2. The summed E-state index contributed by atoms with van der Waals surface area (Å²) in [4.78, 5) is 28.9. The molecule has 0 saturated carbocycles. The van der Waals surface area contributed by atoms with Crippen LogP contribution in [0.4, 0.5) is 10.1 Å². The van der Waals surface area contributed by atoms with Crippen molar-refractivity contribution in [3.8, 4) is 11.5 Å². The summed E-state index contributed by atoms with van der Waals surface area (Å²) in [6.45, 7) is 2.76. The first-order chi connectivity index (χ1) is 21.0. The molecular formula is C34H36FN3O5S. The van der Waals surface area contributed by atoms with Crippen LogP contribution < -0.4 is 14.4 Å². The fourth-order valence-corrected chi connectivity index (χ4v) is 5.51. The van der Waals surface area contributed by atoms with Gasteiger partial charge in [0.05, 0.1) is 11.9 Å². The van der Waals surface area contributed by atoms with Gasteiger partial charge in [-0.3, -0.25) is 13.9 Å². The minimum Gasteiger partial charge on any atom is -0.457 e. The van der Waals surface area contributed by atoms with E-state index in [1.807, 2.05) is 48.5 Å². The predicted molar refractivity (Wildman–Crippen MR) is 169 cm³/mol. The number of hydrogen-bond acceptors (Lipinski definition) is 5. The van der Waals surface area contributed by atoms with Crippen LogP contribution in [0.25, 0.3) is 0 Å². The number of benzene rings is 4. The van der Waals surface area contributed by atoms with Crippen LogP contribution in [0.1, 0.15) is 25.0 Å². The summed E-state index contributed by atoms with van der Waals surface area (Å²) in [6.07, 6.45) is 1.15. The van der Waals surface area contributed by atoms with Gasteiger partial charge in [-0.25, -0.2) is 12.8 Å². The number of ether oxygens (including phenoxy) is 1. The number of amides is 2. The molecule has 0 radical (unpaired) electrons. The third-order valence-corrected chi connectivity index (χ3v) is 7.92. The Kier molecular flexibility index (Phi) is 10.7. The molecule has 8 nitrogen and oxygen atoms in total. The van der Waals surface area contributed by atoms with Gasteiger partial charge in [0, 0.05) is 24.6 Å². The van der Waals surface area contributed by atoms with Crippen molar-refractivity contribution in [3.05, 3.63) is 126 Å². The summed E-state index contributed by atoms with van der Waals surface area (Å²) >= 11 is 0. The van der Waals surface area contributed by atoms with Gasteiger partial charge in [-0.2, -0.15) is 0 Å². The molecule has 0 aliphatic rings. The molecular weight excluding hydrogens is 581 g/mol. The number of nitrogens with one attached hydrogen (secondary N) is 1. The first-order valence-electron chi connectivity index (χ1n) is 14.2. The molecule has 0 spiro atoms. The molecule has 0 heterocycles. The molecule has 4 aromatic carbocycles. The van der Waals surface area contributed by atoms with E-state index in [-0.39, 0.29) is 30.3 Å². The zero-order valence-corrected chi connectivity index (χ0v) is 25.7. The molecule has 0 fully saturated rings. The van der Waals surface area contributed by atoms with Gasteiger partial charge in [-0.1, -0.05) is 66.7 Å². The van der Waals surface area contributed by atoms with Crippen LogP contribution in [0.3, 0.4) is 0 Å². The van der Waals surface area contributed by atoms with E-state index in [1.54, 1.807) is 56.3 Å². The van der Waals surface area contributed by atoms with Gasteiger partial charge in [0.1, 0.15) is 29.9 Å². The second-order valence-corrected chi connectivity index (χ2v) is 12.6. The fourth-order valence-electron chi connectivity index (χ4n) is 4.66. The topological polar surface area (TPSA) is 96.0 Å². The number of nitrogens with zero attached hydrogens (tertiary/aromatic N) is 2. The molecule has 44 heavy (non-hydrogen) atoms. The molecule has 0 aromatic heterocycles. The zero-order valence-electron chi connectivity index (χ0n) is 24.9. The maximum absolute atomic E-state index is 14.9. The van der Waals surface area contributed by atoms with Crippen molar-refractivity contribution in [3.63, 3.8) is 0 Å². The SMILES string of the molecule is CC(C)NC(=O)[C@@H](Cc1ccccc1)N(Cc1ccccc1F)C(=O)CN(c1ccc(Oc2ccccc2)cc1)S(C)(=O)=O. The van der Waals surface area contributed by atoms with Gasteiger partial charge >= 0.3 is 0 Å². The molecule has 4 rings (SSSR count). The smallest absolute Gasteiger partial charge is 0.244 e. The van der Waals surface area contributed by atoms with E-state index in [0.29, 0.717) is 11.5 Å². The Balaban J connectivity index is 1.68. The number of anilines is 1. The highest BCUT2D eigenvalue weighted by atomic mass is 32.2. The first-order valence-corrected chi connectivity index (χ1v) is 16.0. The van der Waals surface area contributed by atoms with Crippen LogP contribution >= 0.6 is 0 Å². The van der Waals surface area contributed by atoms with Crippen LogP contribution in [0.15, 0.2) is 109 Å². The third kappa shape index (κ3) is 8.90. The Labute approximate surface area is 258 Å². The van der Waals surface area contributed by atoms with Crippen LogP contribution in [-0.2, 0) is 32.6 Å². The van der Waals surface area contributed by atoms with E-state index in [2.05, 4.69) is 5.32 Å². The van der Waals surface area contributed by atoms with Gasteiger partial charge in [0.25, 0.3) is 0 Å².